The molecular formula is C13H14ClNO2. The van der Waals surface area contributed by atoms with Gasteiger partial charge in [0, 0.05) is 6.07 Å². The molecule has 17 heavy (non-hydrogen) atoms. The normalized spacial score (nSPS) is 9.47. The van der Waals surface area contributed by atoms with E-state index in [9.17, 15) is 5.11 Å². The number of hydrogen-bond acceptors (Lipinski definition) is 2. The van der Waals surface area contributed by atoms with Crippen LogP contribution in [0.5, 0.6) is 11.5 Å². The van der Waals surface area contributed by atoms with Crippen LogP contribution >= 0.6 is 0 Å². The molecule has 0 radical (unpaired) electrons. The fraction of sp³-hybridized carbons (Fsp3) is 0.154. The van der Waals surface area contributed by atoms with Gasteiger partial charge in [0.2, 0.25) is 0 Å². The third-order valence-corrected chi connectivity index (χ3v) is 2.29. The van der Waals surface area contributed by atoms with E-state index in [1.165, 1.54) is 0 Å². The molecule has 0 amide bonds. The molecule has 4 heteroatoms. The van der Waals surface area contributed by atoms with E-state index < -0.39 is 0 Å². The first-order valence-corrected chi connectivity index (χ1v) is 5.24. The van der Waals surface area contributed by atoms with E-state index in [0.29, 0.717) is 12.3 Å². The Morgan fingerprint density at radius 3 is 2.47 bits per heavy atom. The predicted octanol–water partition coefficient (Wildman–Crippen LogP) is -0.724. The first-order valence-electron chi connectivity index (χ1n) is 5.24. The number of aromatic amines is 1. The number of benzene rings is 1. The summed E-state index contributed by atoms with van der Waals surface area (Å²) in [6.07, 6.45) is 1.78. The molecule has 0 aliphatic rings. The minimum Gasteiger partial charge on any atom is -1.00 e. The molecule has 0 saturated carbocycles. The van der Waals surface area contributed by atoms with Crippen molar-refractivity contribution in [2.75, 3.05) is 6.61 Å². The second-order valence-electron chi connectivity index (χ2n) is 3.39. The largest absolute Gasteiger partial charge is 1.00 e. The molecule has 0 aliphatic heterocycles. The lowest BCUT2D eigenvalue weighted by molar-refractivity contribution is -0.365. The zero-order chi connectivity index (χ0) is 11.4. The first kappa shape index (κ1) is 13.3. The monoisotopic (exact) mass is 251 g/mol. The molecule has 3 nitrogen and oxygen atoms in total. The zero-order valence-corrected chi connectivity index (χ0v) is 10.2. The Labute approximate surface area is 106 Å². The highest BCUT2D eigenvalue weighted by molar-refractivity contribution is 5.63. The maximum atomic E-state index is 9.67. The van der Waals surface area contributed by atoms with Crippen LogP contribution < -0.4 is 22.1 Å². The summed E-state index contributed by atoms with van der Waals surface area (Å²) in [5.74, 6) is 1.08. The lowest BCUT2D eigenvalue weighted by Crippen LogP contribution is -3.00. The van der Waals surface area contributed by atoms with Crippen molar-refractivity contribution in [2.45, 2.75) is 6.92 Å². The van der Waals surface area contributed by atoms with Crippen molar-refractivity contribution in [3.8, 4) is 22.8 Å². The van der Waals surface area contributed by atoms with Gasteiger partial charge in [0.15, 0.2) is 11.9 Å². The summed E-state index contributed by atoms with van der Waals surface area (Å²) in [6.45, 7) is 2.60. The van der Waals surface area contributed by atoms with Crippen LogP contribution in [0.1, 0.15) is 6.92 Å². The van der Waals surface area contributed by atoms with Gasteiger partial charge in [0.1, 0.15) is 5.75 Å². The van der Waals surface area contributed by atoms with Crippen LogP contribution in [0.25, 0.3) is 11.3 Å². The number of rotatable bonds is 3. The minimum absolute atomic E-state index is 0. The molecule has 1 aromatic carbocycles. The van der Waals surface area contributed by atoms with Crippen molar-refractivity contribution in [3.63, 3.8) is 0 Å². The Morgan fingerprint density at radius 2 is 1.88 bits per heavy atom. The van der Waals surface area contributed by atoms with Crippen molar-refractivity contribution in [3.05, 3.63) is 42.6 Å². The number of aromatic hydroxyl groups is 1. The molecule has 0 aliphatic carbocycles. The summed E-state index contributed by atoms with van der Waals surface area (Å²) in [4.78, 5) is 3.01. The average Bonchev–Trinajstić information content (AvgIpc) is 2.31. The Bertz CT molecular complexity index is 471. The van der Waals surface area contributed by atoms with E-state index in [4.69, 9.17) is 4.74 Å². The number of H-pyrrole nitrogens is 1. The Hall–Kier alpha value is -1.74. The molecule has 0 saturated heterocycles. The first-order chi connectivity index (χ1) is 7.81. The second kappa shape index (κ2) is 6.11. The van der Waals surface area contributed by atoms with Crippen LogP contribution in [0.2, 0.25) is 0 Å². The smallest absolute Gasteiger partial charge is 0.252 e. The number of nitrogens with one attached hydrogen (secondary N) is 1. The molecule has 2 aromatic rings. The molecule has 2 rings (SSSR count). The summed E-state index contributed by atoms with van der Waals surface area (Å²) >= 11 is 0. The second-order valence-corrected chi connectivity index (χ2v) is 3.39. The lowest BCUT2D eigenvalue weighted by Gasteiger charge is -2.03. The van der Waals surface area contributed by atoms with Crippen LogP contribution in [0.4, 0.5) is 0 Å². The number of pyridine rings is 1. The maximum absolute atomic E-state index is 9.67. The van der Waals surface area contributed by atoms with E-state index in [-0.39, 0.29) is 18.2 Å². The fourth-order valence-corrected chi connectivity index (χ4v) is 1.54. The van der Waals surface area contributed by atoms with E-state index >= 15 is 0 Å². The van der Waals surface area contributed by atoms with Crippen LogP contribution in [-0.2, 0) is 0 Å². The van der Waals surface area contributed by atoms with Crippen LogP contribution in [0.15, 0.2) is 42.6 Å². The van der Waals surface area contributed by atoms with Gasteiger partial charge in [-0.1, -0.05) is 0 Å². The van der Waals surface area contributed by atoms with Gasteiger partial charge in [-0.15, -0.1) is 0 Å². The van der Waals surface area contributed by atoms with Crippen molar-refractivity contribution in [1.82, 2.24) is 0 Å². The van der Waals surface area contributed by atoms with Crippen molar-refractivity contribution < 1.29 is 27.2 Å². The van der Waals surface area contributed by atoms with Gasteiger partial charge >= 0.3 is 0 Å². The van der Waals surface area contributed by atoms with E-state index in [0.717, 1.165) is 11.3 Å². The number of aromatic nitrogens is 1. The summed E-state index contributed by atoms with van der Waals surface area (Å²) in [5.41, 5.74) is 1.65. The third-order valence-electron chi connectivity index (χ3n) is 2.29. The Kier molecular flexibility index (Phi) is 4.79. The van der Waals surface area contributed by atoms with Gasteiger partial charge in [-0.25, -0.2) is 4.98 Å². The topological polar surface area (TPSA) is 43.6 Å². The molecule has 0 bridgehead atoms. The van der Waals surface area contributed by atoms with Crippen molar-refractivity contribution >= 4 is 0 Å². The van der Waals surface area contributed by atoms with Crippen molar-refractivity contribution in [1.29, 1.82) is 0 Å². The third kappa shape index (κ3) is 3.11. The number of halogens is 1. The molecular weight excluding hydrogens is 238 g/mol. The quantitative estimate of drug-likeness (QED) is 0.782. The summed E-state index contributed by atoms with van der Waals surface area (Å²) in [7, 11) is 0. The molecule has 90 valence electrons. The van der Waals surface area contributed by atoms with E-state index in [1.54, 1.807) is 18.3 Å². The molecule has 0 fully saturated rings. The standard InChI is InChI=1S/C13H13NO2.ClH/c1-2-16-11-7-5-10(6-8-11)13-12(15)4-3-9-14-13;/h3-9,15H,2H2,1H3;1H. The molecule has 0 atom stereocenters. The highest BCUT2D eigenvalue weighted by Gasteiger charge is 2.10. The highest BCUT2D eigenvalue weighted by Crippen LogP contribution is 2.25. The number of hydrogen-bond donors (Lipinski definition) is 1. The Balaban J connectivity index is 0.00000144. The van der Waals surface area contributed by atoms with Crippen LogP contribution in [-0.4, -0.2) is 11.7 Å². The fourth-order valence-electron chi connectivity index (χ4n) is 1.54. The van der Waals surface area contributed by atoms with E-state index in [2.05, 4.69) is 4.98 Å². The lowest BCUT2D eigenvalue weighted by atomic mass is 10.1. The SMILES string of the molecule is CCOc1ccc(-c2[nH+]cccc2O)cc1.[Cl-]. The summed E-state index contributed by atoms with van der Waals surface area (Å²) in [5, 5.41) is 9.67. The zero-order valence-electron chi connectivity index (χ0n) is 9.48. The van der Waals surface area contributed by atoms with Gasteiger partial charge in [0.25, 0.3) is 5.69 Å². The Morgan fingerprint density at radius 1 is 1.18 bits per heavy atom. The molecule has 1 aromatic heterocycles. The summed E-state index contributed by atoms with van der Waals surface area (Å²) in [6, 6.07) is 11.0. The van der Waals surface area contributed by atoms with Crippen LogP contribution in [0.3, 0.4) is 0 Å². The van der Waals surface area contributed by atoms with Crippen molar-refractivity contribution in [2.24, 2.45) is 0 Å². The molecule has 0 unspecified atom stereocenters. The average molecular weight is 252 g/mol. The van der Waals surface area contributed by atoms with Gasteiger partial charge in [-0.05, 0) is 37.3 Å². The maximum Gasteiger partial charge on any atom is 0.252 e. The van der Waals surface area contributed by atoms with Gasteiger partial charge in [-0.2, -0.15) is 0 Å². The van der Waals surface area contributed by atoms with Gasteiger partial charge in [0.05, 0.1) is 12.2 Å². The predicted molar refractivity (Wildman–Crippen MR) is 61.3 cm³/mol. The number of ether oxygens (including phenoxy) is 1. The summed E-state index contributed by atoms with van der Waals surface area (Å²) < 4.78 is 5.35. The van der Waals surface area contributed by atoms with Gasteiger partial charge in [-0.3, -0.25) is 0 Å². The highest BCUT2D eigenvalue weighted by atomic mass is 35.5. The molecule has 2 N–H and O–H groups in total. The molecule has 1 heterocycles. The minimum atomic E-state index is 0. The van der Waals surface area contributed by atoms with E-state index in [1.807, 2.05) is 31.2 Å². The van der Waals surface area contributed by atoms with Gasteiger partial charge < -0.3 is 22.3 Å². The molecule has 0 spiro atoms. The van der Waals surface area contributed by atoms with Crippen LogP contribution in [0, 0.1) is 0 Å².